The molecular weight excluding hydrogens is 1390 g/mol. The van der Waals surface area contributed by atoms with Gasteiger partial charge in [0, 0.05) is 6.66 Å². The fourth-order valence-electron chi connectivity index (χ4n) is 5.45. The predicted molar refractivity (Wildman–Crippen MR) is 304 cm³/mol. The largest absolute Gasteiger partial charge is 0.779 e. The van der Waals surface area contributed by atoms with Crippen LogP contribution in [-0.4, -0.2) is 282 Å². The summed E-state index contributed by atoms with van der Waals surface area (Å²) in [5, 5.41) is 16.5. The molecule has 0 saturated heterocycles. The number of hydrogen-bond acceptors (Lipinski definition) is 42. The molecule has 542 valence electrons. The summed E-state index contributed by atoms with van der Waals surface area (Å²) >= 11 is 0. The Hall–Kier alpha value is 0.720. The Labute approximate surface area is 531 Å². The van der Waals surface area contributed by atoms with Crippen LogP contribution in [0.25, 0.3) is 0 Å². The Kier molecular flexibility index (Phi) is 59.1. The number of aliphatic hydroxyl groups excluding tert-OH is 1. The van der Waals surface area contributed by atoms with Crippen molar-refractivity contribution in [3.05, 3.63) is 0 Å². The quantitative estimate of drug-likeness (QED) is 0.0202. The molecule has 0 amide bonds. The maximum Gasteiger partial charge on any atom is 0.268 e. The molecule has 90 heavy (non-hydrogen) atoms. The smallest absolute Gasteiger partial charge is 0.268 e. The molecule has 0 rings (SSSR count). The van der Waals surface area contributed by atoms with Gasteiger partial charge in [0.1, 0.15) is 31.8 Å². The third-order valence-electron chi connectivity index (χ3n) is 9.10. The molecule has 4 N–H and O–H groups in total. The molecule has 0 bridgehead atoms. The second-order valence-electron chi connectivity index (χ2n) is 16.8. The van der Waals surface area contributed by atoms with Crippen molar-refractivity contribution in [2.75, 3.05) is 258 Å². The molecule has 0 aromatic carbocycles. The molecule has 0 radical (unpaired) electrons. The van der Waals surface area contributed by atoms with Crippen LogP contribution in [0.4, 0.5) is 0 Å². The van der Waals surface area contributed by atoms with Gasteiger partial charge in [0.05, 0.1) is 224 Å². The second kappa shape index (κ2) is 58.7. The zero-order chi connectivity index (χ0) is 67.0. The number of hydrogen-bond donors (Lipinski definition) is 4. The lowest BCUT2D eigenvalue weighted by Gasteiger charge is -2.33. The molecule has 9 atom stereocenters. The van der Waals surface area contributed by atoms with E-state index in [-0.39, 0.29) is 177 Å². The lowest BCUT2D eigenvalue weighted by atomic mass is 10.4. The molecule has 0 aromatic rings. The van der Waals surface area contributed by atoms with E-state index in [1.54, 1.807) is 0 Å². The van der Waals surface area contributed by atoms with E-state index in [2.05, 4.69) is 29.5 Å². The molecule has 9 unspecified atom stereocenters. The number of rotatable bonds is 72. The molecule has 0 heterocycles. The van der Waals surface area contributed by atoms with Crippen LogP contribution in [0.5, 0.6) is 0 Å². The fourth-order valence-corrected chi connectivity index (χ4v) is 11.2. The average molecular weight is 1480 g/mol. The van der Waals surface area contributed by atoms with E-state index in [9.17, 15) is 56.8 Å². The third kappa shape index (κ3) is 63.5. The van der Waals surface area contributed by atoms with Crippen LogP contribution in [-0.2, 0) is 139 Å². The van der Waals surface area contributed by atoms with E-state index in [0.717, 1.165) is 28.3 Å². The van der Waals surface area contributed by atoms with E-state index in [1.165, 1.54) is 21.1 Å². The van der Waals surface area contributed by atoms with E-state index < -0.39 is 118 Å². The number of phosphoric acid groups is 5. The molecule has 0 spiro atoms. The van der Waals surface area contributed by atoms with Gasteiger partial charge in [0.2, 0.25) is 0 Å². The molecule has 40 nitrogen and oxygen atoms in total. The van der Waals surface area contributed by atoms with Crippen molar-refractivity contribution >= 4 is 68.3 Å². The van der Waals surface area contributed by atoms with Gasteiger partial charge in [0.15, 0.2) is 0 Å². The minimum absolute atomic E-state index is 0.0124. The summed E-state index contributed by atoms with van der Waals surface area (Å²) in [5.74, 6) is -0.392. The van der Waals surface area contributed by atoms with Crippen LogP contribution < -0.4 is 45.3 Å². The second-order valence-corrected chi connectivity index (χ2v) is 27.8. The molecule has 48 heteroatoms. The number of phosphoric ester groups is 5. The first kappa shape index (κ1) is 90.7. The monoisotopic (exact) mass is 1480 g/mol. The van der Waals surface area contributed by atoms with Gasteiger partial charge in [0.25, 0.3) is 39.1 Å². The topological polar surface area (TPSA) is 519 Å². The van der Waals surface area contributed by atoms with Gasteiger partial charge in [-0.05, 0) is 21.1 Å². The zero-order valence-corrected chi connectivity index (χ0v) is 57.6. The number of ether oxygens (including phenoxy) is 13. The Morgan fingerprint density at radius 3 is 0.811 bits per heavy atom. The minimum atomic E-state index is -5.49. The van der Waals surface area contributed by atoms with Gasteiger partial charge in [-0.25, -0.2) is 0 Å². The van der Waals surface area contributed by atoms with Crippen LogP contribution in [0.15, 0.2) is 0 Å². The first-order valence-corrected chi connectivity index (χ1v) is 39.0. The van der Waals surface area contributed by atoms with Gasteiger partial charge in [-0.15, -0.1) is 0 Å². The van der Waals surface area contributed by atoms with E-state index in [4.69, 9.17) is 103 Å². The highest BCUT2D eigenvalue weighted by Crippen LogP contribution is 2.46. The Bertz CT molecular complexity index is 1980. The summed E-state index contributed by atoms with van der Waals surface area (Å²) in [6.45, 7) is -2.79. The molecule has 0 aromatic heterocycles. The van der Waals surface area contributed by atoms with Crippen molar-refractivity contribution in [3.63, 3.8) is 0 Å². The minimum Gasteiger partial charge on any atom is -0.779 e. The predicted octanol–water partition coefficient (Wildman–Crippen LogP) is -3.16. The van der Waals surface area contributed by atoms with Gasteiger partial charge in [-0.1, -0.05) is 21.6 Å². The van der Waals surface area contributed by atoms with Crippen molar-refractivity contribution in [1.29, 1.82) is 0 Å². The van der Waals surface area contributed by atoms with Crippen LogP contribution in [0, 0.1) is 0 Å². The van der Waals surface area contributed by atoms with Crippen molar-refractivity contribution in [1.82, 2.24) is 16.0 Å². The van der Waals surface area contributed by atoms with Gasteiger partial charge >= 0.3 is 0 Å². The third-order valence-corrected chi connectivity index (χ3v) is 16.5. The first-order chi connectivity index (χ1) is 42.9. The van der Waals surface area contributed by atoms with Crippen LogP contribution in [0.3, 0.4) is 0 Å². The summed E-state index contributed by atoms with van der Waals surface area (Å²) in [7, 11) is -23.0. The number of aliphatic hydroxyl groups is 1. The van der Waals surface area contributed by atoms with Crippen molar-refractivity contribution < 1.29 is 173 Å². The Balaban J connectivity index is 4.75. The van der Waals surface area contributed by atoms with E-state index in [1.807, 2.05) is 0 Å². The molecule has 0 saturated carbocycles. The molecule has 0 aliphatic heterocycles. The SMILES string of the molecule is CNCOCC(COP(=O)([O-])OCCOCCOCCOCCOCCOCCOP(=O)([O-])OCSSCO)OP(=O)([O-])OCC(COCNC)OP(=O)([O-])OCC(COCNC)OP(=O)([O-])OCCOCCOCCOCCOCCOCCOP(C)(=O)[O-]. The molecular formula is C42H89N3O37P6S2-6. The zero-order valence-electron chi connectivity index (χ0n) is 50.6. The van der Waals surface area contributed by atoms with Gasteiger partial charge in [-0.3, -0.25) is 38.8 Å². The highest BCUT2D eigenvalue weighted by Gasteiger charge is 2.28. The van der Waals surface area contributed by atoms with E-state index in [0.29, 0.717) is 0 Å². The standard InChI is InChI=1S/C42H95N3O37P6S2/c1-43-35-69-29-40(32-76-84(49,50)73-26-22-66-18-14-62-10-6-60-7-11-63-15-19-67-23-27-74-85(51,52)79-39-90-89-38-46)81-87(55,56)78-34-42(31-71-37-45-3)82-88(57,58)77-33-41(30-70-36-44-2)80-86(53,54)75-28-24-68-20-16-64-12-8-59-5-9-61-13-17-65-21-25-72-83(4,47)48/h40-46H,5-39H2,1-4H3,(H,47,48)(H,49,50)(H,51,52)(H,53,54)(H,55,56)(H,57,58)/p-6. The van der Waals surface area contributed by atoms with Crippen LogP contribution in [0.2, 0.25) is 0 Å². The summed E-state index contributed by atoms with van der Waals surface area (Å²) < 4.78 is 196. The normalized spacial score (nSPS) is 17.2. The summed E-state index contributed by atoms with van der Waals surface area (Å²) in [4.78, 5) is 73.7. The first-order valence-electron chi connectivity index (χ1n) is 27.2. The lowest BCUT2D eigenvalue weighted by molar-refractivity contribution is -0.247. The fraction of sp³-hybridized carbons (Fsp3) is 1.00. The van der Waals surface area contributed by atoms with Crippen molar-refractivity contribution in [2.45, 2.75) is 18.3 Å². The summed E-state index contributed by atoms with van der Waals surface area (Å²) in [6.07, 6.45) is -5.07. The maximum absolute atomic E-state index is 13.0. The summed E-state index contributed by atoms with van der Waals surface area (Å²) in [5.41, 5.74) is 0. The molecule has 0 aliphatic rings. The van der Waals surface area contributed by atoms with Gasteiger partial charge in [-0.2, -0.15) is 0 Å². The van der Waals surface area contributed by atoms with Crippen LogP contribution >= 0.6 is 68.3 Å². The van der Waals surface area contributed by atoms with Crippen molar-refractivity contribution in [2.24, 2.45) is 0 Å². The molecule has 0 fully saturated rings. The Morgan fingerprint density at radius 1 is 0.311 bits per heavy atom. The average Bonchev–Trinajstić information content (AvgIpc) is 3.64. The molecule has 0 aliphatic carbocycles. The lowest BCUT2D eigenvalue weighted by Crippen LogP contribution is -2.33. The highest BCUT2D eigenvalue weighted by atomic mass is 33.1. The summed E-state index contributed by atoms with van der Waals surface area (Å²) in [6, 6.07) is 0. The van der Waals surface area contributed by atoms with Gasteiger partial charge < -0.3 is 150 Å². The maximum atomic E-state index is 13.0. The number of nitrogens with one attached hydrogen (secondary N) is 3. The highest BCUT2D eigenvalue weighted by molar-refractivity contribution is 8.76. The van der Waals surface area contributed by atoms with Crippen molar-refractivity contribution in [3.8, 4) is 0 Å². The Morgan fingerprint density at radius 2 is 0.544 bits per heavy atom. The van der Waals surface area contributed by atoms with E-state index >= 15 is 0 Å². The van der Waals surface area contributed by atoms with Crippen LogP contribution in [0.1, 0.15) is 0 Å².